The zero-order valence-electron chi connectivity index (χ0n) is 8.92. The summed E-state index contributed by atoms with van der Waals surface area (Å²) < 4.78 is 3.79. The number of nitrogens with one attached hydrogen (secondary N) is 2. The Morgan fingerprint density at radius 2 is 2.06 bits per heavy atom. The highest BCUT2D eigenvalue weighted by Gasteiger charge is 2.68. The van der Waals surface area contributed by atoms with Gasteiger partial charge in [-0.1, -0.05) is 0 Å². The quantitative estimate of drug-likeness (QED) is 0.637. The lowest BCUT2D eigenvalue weighted by Gasteiger charge is -2.12. The molecule has 2 N–H and O–H groups in total. The molecular formula is C10H10Cl2N2O3. The van der Waals surface area contributed by atoms with Gasteiger partial charge in [0.05, 0.1) is 11.7 Å². The van der Waals surface area contributed by atoms with Gasteiger partial charge in [0.25, 0.3) is 0 Å². The minimum Gasteiger partial charge on any atom is -0.459 e. The molecule has 92 valence electrons. The second kappa shape index (κ2) is 3.92. The molecule has 0 saturated heterocycles. The standard InChI is InChI=1S/C10H10Cl2N2O3/c1-9(5-10(9,11)12)8(16)14-13-7(15)6-3-2-4-17-6/h2-4H,5H2,1H3,(H,13,15)(H,14,16)/t9-/m0/s1. The maximum absolute atomic E-state index is 11.7. The van der Waals surface area contributed by atoms with Gasteiger partial charge in [-0.3, -0.25) is 20.4 Å². The van der Waals surface area contributed by atoms with Crippen molar-refractivity contribution in [2.24, 2.45) is 5.41 Å². The van der Waals surface area contributed by atoms with E-state index in [2.05, 4.69) is 10.9 Å². The molecule has 1 aromatic heterocycles. The van der Waals surface area contributed by atoms with Crippen molar-refractivity contribution in [3.8, 4) is 0 Å². The molecule has 0 aromatic carbocycles. The van der Waals surface area contributed by atoms with Crippen molar-refractivity contribution in [1.29, 1.82) is 0 Å². The van der Waals surface area contributed by atoms with Crippen LogP contribution in [0.2, 0.25) is 0 Å². The molecule has 0 aliphatic heterocycles. The van der Waals surface area contributed by atoms with Crippen molar-refractivity contribution in [2.75, 3.05) is 0 Å². The van der Waals surface area contributed by atoms with Gasteiger partial charge in [-0.15, -0.1) is 23.2 Å². The first-order valence-electron chi connectivity index (χ1n) is 4.89. The highest BCUT2D eigenvalue weighted by Crippen LogP contribution is 2.63. The van der Waals surface area contributed by atoms with Gasteiger partial charge in [0.1, 0.15) is 4.33 Å². The SMILES string of the molecule is C[C@@]1(C(=O)NNC(=O)c2ccco2)CC1(Cl)Cl. The van der Waals surface area contributed by atoms with Crippen LogP contribution in [0.3, 0.4) is 0 Å². The highest BCUT2D eigenvalue weighted by atomic mass is 35.5. The summed E-state index contributed by atoms with van der Waals surface area (Å²) in [5, 5.41) is 0. The second-order valence-corrected chi connectivity index (χ2v) is 5.58. The number of rotatable bonds is 2. The average Bonchev–Trinajstić information content (AvgIpc) is 2.73. The summed E-state index contributed by atoms with van der Waals surface area (Å²) in [6, 6.07) is 3.05. The molecule has 2 rings (SSSR count). The van der Waals surface area contributed by atoms with E-state index in [0.717, 1.165) is 0 Å². The fourth-order valence-electron chi connectivity index (χ4n) is 1.37. The molecule has 1 saturated carbocycles. The van der Waals surface area contributed by atoms with Crippen LogP contribution in [-0.4, -0.2) is 16.1 Å². The fraction of sp³-hybridized carbons (Fsp3) is 0.400. The van der Waals surface area contributed by atoms with Crippen LogP contribution in [0.1, 0.15) is 23.9 Å². The molecule has 1 fully saturated rings. The van der Waals surface area contributed by atoms with Gasteiger partial charge >= 0.3 is 5.91 Å². The van der Waals surface area contributed by atoms with Gasteiger partial charge in [0.15, 0.2) is 5.76 Å². The number of hydrogen-bond donors (Lipinski definition) is 2. The van der Waals surface area contributed by atoms with Crippen molar-refractivity contribution < 1.29 is 14.0 Å². The molecular weight excluding hydrogens is 267 g/mol. The molecule has 5 nitrogen and oxygen atoms in total. The fourth-order valence-corrected chi connectivity index (χ4v) is 2.07. The largest absolute Gasteiger partial charge is 0.459 e. The van der Waals surface area contributed by atoms with Crippen LogP contribution in [-0.2, 0) is 4.79 Å². The topological polar surface area (TPSA) is 71.3 Å². The number of amides is 2. The maximum Gasteiger partial charge on any atom is 0.305 e. The Kier molecular flexibility index (Phi) is 2.83. The summed E-state index contributed by atoms with van der Waals surface area (Å²) in [4.78, 5) is 23.1. The molecule has 1 heterocycles. The minimum absolute atomic E-state index is 0.106. The number of carbonyl (C=O) groups excluding carboxylic acids is 2. The van der Waals surface area contributed by atoms with Crippen molar-refractivity contribution in [3.63, 3.8) is 0 Å². The molecule has 2 amide bonds. The molecule has 0 unspecified atom stereocenters. The van der Waals surface area contributed by atoms with E-state index in [4.69, 9.17) is 27.6 Å². The zero-order valence-corrected chi connectivity index (χ0v) is 10.4. The first-order chi connectivity index (χ1) is 7.87. The van der Waals surface area contributed by atoms with Crippen LogP contribution in [0.25, 0.3) is 0 Å². The van der Waals surface area contributed by atoms with Gasteiger partial charge in [0, 0.05) is 0 Å². The van der Waals surface area contributed by atoms with E-state index in [1.54, 1.807) is 13.0 Å². The Hall–Kier alpha value is -1.20. The average molecular weight is 277 g/mol. The zero-order chi connectivity index (χ0) is 12.7. The van der Waals surface area contributed by atoms with Crippen molar-refractivity contribution in [2.45, 2.75) is 17.7 Å². The van der Waals surface area contributed by atoms with Gasteiger partial charge in [0.2, 0.25) is 5.91 Å². The molecule has 1 aliphatic carbocycles. The summed E-state index contributed by atoms with van der Waals surface area (Å²) in [5.74, 6) is -0.862. The molecule has 17 heavy (non-hydrogen) atoms. The normalized spacial score (nSPS) is 25.1. The smallest absolute Gasteiger partial charge is 0.305 e. The first-order valence-corrected chi connectivity index (χ1v) is 5.64. The Labute approximate surface area is 107 Å². The van der Waals surface area contributed by atoms with Gasteiger partial charge in [-0.05, 0) is 25.5 Å². The van der Waals surface area contributed by atoms with Crippen LogP contribution < -0.4 is 10.9 Å². The Morgan fingerprint density at radius 3 is 2.53 bits per heavy atom. The van der Waals surface area contributed by atoms with Gasteiger partial charge in [-0.2, -0.15) is 0 Å². The lowest BCUT2D eigenvalue weighted by Crippen LogP contribution is -2.45. The van der Waals surface area contributed by atoms with E-state index in [9.17, 15) is 9.59 Å². The lowest BCUT2D eigenvalue weighted by atomic mass is 10.1. The van der Waals surface area contributed by atoms with Crippen LogP contribution in [0, 0.1) is 5.41 Å². The molecule has 1 aliphatic rings. The van der Waals surface area contributed by atoms with E-state index in [0.29, 0.717) is 6.42 Å². The van der Waals surface area contributed by atoms with Crippen molar-refractivity contribution in [1.82, 2.24) is 10.9 Å². The molecule has 1 atom stereocenters. The van der Waals surface area contributed by atoms with Gasteiger partial charge in [-0.25, -0.2) is 0 Å². The summed E-state index contributed by atoms with van der Waals surface area (Å²) in [6.07, 6.45) is 1.72. The molecule has 0 bridgehead atoms. The predicted octanol–water partition coefficient (Wildman–Crippen LogP) is 1.62. The minimum atomic E-state index is -1.06. The summed E-state index contributed by atoms with van der Waals surface area (Å²) in [6.45, 7) is 1.63. The van der Waals surface area contributed by atoms with E-state index < -0.39 is 21.6 Å². The van der Waals surface area contributed by atoms with Crippen molar-refractivity contribution in [3.05, 3.63) is 24.2 Å². The molecule has 7 heteroatoms. The highest BCUT2D eigenvalue weighted by molar-refractivity contribution is 6.53. The monoisotopic (exact) mass is 276 g/mol. The van der Waals surface area contributed by atoms with Crippen LogP contribution in [0.4, 0.5) is 0 Å². The van der Waals surface area contributed by atoms with Crippen LogP contribution in [0.15, 0.2) is 22.8 Å². The summed E-state index contributed by atoms with van der Waals surface area (Å²) in [5.41, 5.74) is 3.61. The van der Waals surface area contributed by atoms with E-state index in [1.807, 2.05) is 0 Å². The molecule has 1 aromatic rings. The predicted molar refractivity (Wildman–Crippen MR) is 61.5 cm³/mol. The van der Waals surface area contributed by atoms with Crippen LogP contribution in [0.5, 0.6) is 0 Å². The van der Waals surface area contributed by atoms with E-state index in [1.165, 1.54) is 12.3 Å². The summed E-state index contributed by atoms with van der Waals surface area (Å²) in [7, 11) is 0. The van der Waals surface area contributed by atoms with Crippen LogP contribution >= 0.6 is 23.2 Å². The number of halogens is 2. The number of alkyl halides is 2. The van der Waals surface area contributed by atoms with Crippen molar-refractivity contribution >= 4 is 35.0 Å². The Bertz CT molecular complexity index is 458. The third kappa shape index (κ3) is 2.12. The number of hydrogen-bond acceptors (Lipinski definition) is 3. The number of carbonyl (C=O) groups is 2. The van der Waals surface area contributed by atoms with Gasteiger partial charge < -0.3 is 4.42 Å². The Balaban J connectivity index is 1.88. The third-order valence-corrected chi connectivity index (χ3v) is 3.89. The number of furan rings is 1. The molecule has 0 spiro atoms. The Morgan fingerprint density at radius 1 is 1.41 bits per heavy atom. The lowest BCUT2D eigenvalue weighted by molar-refractivity contribution is -0.126. The first kappa shape index (κ1) is 12.3. The second-order valence-electron chi connectivity index (χ2n) is 4.10. The summed E-state index contributed by atoms with van der Waals surface area (Å²) >= 11 is 11.7. The maximum atomic E-state index is 11.7. The van der Waals surface area contributed by atoms with E-state index in [-0.39, 0.29) is 5.76 Å². The van der Waals surface area contributed by atoms with E-state index >= 15 is 0 Å². The number of hydrazine groups is 1. The molecule has 0 radical (unpaired) electrons. The third-order valence-electron chi connectivity index (χ3n) is 2.79.